The van der Waals surface area contributed by atoms with Gasteiger partial charge in [-0.05, 0) is 56.2 Å². The molecule has 0 aromatic heterocycles. The third-order valence-corrected chi connectivity index (χ3v) is 4.79. The van der Waals surface area contributed by atoms with Crippen LogP contribution >= 0.6 is 0 Å². The van der Waals surface area contributed by atoms with E-state index in [0.29, 0.717) is 26.2 Å². The third kappa shape index (κ3) is 15.0. The first-order valence-electron chi connectivity index (χ1n) is 11.5. The fraction of sp³-hybridized carbons (Fsp3) is 0.538. The van der Waals surface area contributed by atoms with Crippen molar-refractivity contribution in [2.45, 2.75) is 63.9 Å². The number of allylic oxidation sites excluding steroid dienone is 5. The van der Waals surface area contributed by atoms with Gasteiger partial charge < -0.3 is 20.9 Å². The van der Waals surface area contributed by atoms with Crippen molar-refractivity contribution in [3.63, 3.8) is 0 Å². The molecule has 0 spiro atoms. The number of hydrogen-bond acceptors (Lipinski definition) is 4. The van der Waals surface area contributed by atoms with E-state index in [-0.39, 0.29) is 0 Å². The van der Waals surface area contributed by atoms with Crippen LogP contribution in [0.4, 0.5) is 0 Å². The highest BCUT2D eigenvalue weighted by molar-refractivity contribution is 5.28. The average molecular weight is 415 g/mol. The molecule has 0 aliphatic heterocycles. The minimum absolute atomic E-state index is 0.292. The zero-order chi connectivity index (χ0) is 21.7. The molecule has 30 heavy (non-hydrogen) atoms. The molecule has 1 unspecified atom stereocenters. The van der Waals surface area contributed by atoms with E-state index in [1.807, 2.05) is 18.2 Å². The lowest BCUT2D eigenvalue weighted by Crippen LogP contribution is -2.34. The third-order valence-electron chi connectivity index (χ3n) is 4.79. The van der Waals surface area contributed by atoms with E-state index in [2.05, 4.69) is 48.3 Å². The Kier molecular flexibility index (Phi) is 16.7. The van der Waals surface area contributed by atoms with Crippen molar-refractivity contribution >= 4 is 0 Å². The van der Waals surface area contributed by atoms with Crippen molar-refractivity contribution in [3.05, 3.63) is 66.8 Å². The zero-order valence-electron chi connectivity index (χ0n) is 18.6. The van der Waals surface area contributed by atoms with Gasteiger partial charge in [-0.3, -0.25) is 0 Å². The van der Waals surface area contributed by atoms with Gasteiger partial charge in [0.05, 0.1) is 0 Å². The molecule has 4 nitrogen and oxygen atoms in total. The number of ether oxygens (including phenoxy) is 1. The molecular weight excluding hydrogens is 372 g/mol. The number of nitrogens with one attached hydrogen (secondary N) is 1. The first-order valence-corrected chi connectivity index (χ1v) is 11.5. The molecule has 4 N–H and O–H groups in total. The van der Waals surface area contributed by atoms with E-state index in [1.54, 1.807) is 0 Å². The summed E-state index contributed by atoms with van der Waals surface area (Å²) in [7, 11) is 0. The Balaban J connectivity index is 2.07. The standard InChI is InChI=1S/C26H42N2O2/c1-2-3-4-5-6-7-8-9-10-11-12-13-14-16-24-17-15-18-26(21-24)30-23-25(29)22-28-20-19-27/h2,4-5,7-8,15,17-18,21,25,28-29H,1,3,6,9-14,16,19-20,22-23,27H2/b5-4+,8-7+. The Morgan fingerprint density at radius 3 is 2.63 bits per heavy atom. The molecule has 0 bridgehead atoms. The first kappa shape index (κ1) is 26.2. The molecule has 0 radical (unpaired) electrons. The summed E-state index contributed by atoms with van der Waals surface area (Å²) in [6.45, 7) is 5.77. The quantitative estimate of drug-likeness (QED) is 0.222. The van der Waals surface area contributed by atoms with Gasteiger partial charge in [-0.25, -0.2) is 0 Å². The number of benzene rings is 1. The van der Waals surface area contributed by atoms with E-state index >= 15 is 0 Å². The first-order chi connectivity index (χ1) is 14.8. The van der Waals surface area contributed by atoms with Gasteiger partial charge in [0, 0.05) is 19.6 Å². The van der Waals surface area contributed by atoms with Crippen molar-refractivity contribution in [1.29, 1.82) is 0 Å². The minimum atomic E-state index is -0.524. The molecule has 0 heterocycles. The monoisotopic (exact) mass is 414 g/mol. The van der Waals surface area contributed by atoms with Crippen LogP contribution in [0.3, 0.4) is 0 Å². The second kappa shape index (κ2) is 19.1. The van der Waals surface area contributed by atoms with Crippen LogP contribution in [-0.4, -0.2) is 37.5 Å². The second-order valence-electron chi connectivity index (χ2n) is 7.61. The van der Waals surface area contributed by atoms with Crippen LogP contribution in [0.2, 0.25) is 0 Å². The van der Waals surface area contributed by atoms with Crippen molar-refractivity contribution < 1.29 is 9.84 Å². The van der Waals surface area contributed by atoms with Gasteiger partial charge in [0.25, 0.3) is 0 Å². The summed E-state index contributed by atoms with van der Waals surface area (Å²) in [6, 6.07) is 8.23. The number of rotatable bonds is 19. The number of unbranched alkanes of at least 4 members (excludes halogenated alkanes) is 5. The molecule has 0 amide bonds. The molecule has 1 rings (SSSR count). The molecule has 0 aliphatic rings. The topological polar surface area (TPSA) is 67.5 Å². The maximum atomic E-state index is 9.90. The highest BCUT2D eigenvalue weighted by atomic mass is 16.5. The van der Waals surface area contributed by atoms with Crippen LogP contribution < -0.4 is 15.8 Å². The number of aliphatic hydroxyl groups excluding tert-OH is 1. The number of aryl methyl sites for hydroxylation is 1. The van der Waals surface area contributed by atoms with Crippen molar-refractivity contribution in [2.75, 3.05) is 26.2 Å². The van der Waals surface area contributed by atoms with Gasteiger partial charge in [-0.2, -0.15) is 0 Å². The van der Waals surface area contributed by atoms with Gasteiger partial charge >= 0.3 is 0 Å². The van der Waals surface area contributed by atoms with Gasteiger partial charge in [0.1, 0.15) is 18.5 Å². The summed E-state index contributed by atoms with van der Waals surface area (Å²) < 4.78 is 5.72. The summed E-state index contributed by atoms with van der Waals surface area (Å²) in [5.41, 5.74) is 6.72. The van der Waals surface area contributed by atoms with Crippen LogP contribution in [0, 0.1) is 0 Å². The summed E-state index contributed by atoms with van der Waals surface area (Å²) in [5.74, 6) is 0.830. The Hall–Kier alpha value is -1.88. The molecule has 0 fully saturated rings. The SMILES string of the molecule is C=CC/C=C/C/C=C/CCCCCCCc1cccc(OCC(O)CNCCN)c1. The number of aliphatic hydroxyl groups is 1. The van der Waals surface area contributed by atoms with E-state index in [1.165, 1.54) is 44.1 Å². The molecule has 1 aromatic rings. The van der Waals surface area contributed by atoms with E-state index in [0.717, 1.165) is 25.0 Å². The van der Waals surface area contributed by atoms with Crippen LogP contribution in [0.5, 0.6) is 5.75 Å². The molecule has 0 saturated heterocycles. The lowest BCUT2D eigenvalue weighted by Gasteiger charge is -2.13. The Labute approximate surface area is 183 Å². The maximum Gasteiger partial charge on any atom is 0.119 e. The van der Waals surface area contributed by atoms with Crippen LogP contribution in [0.15, 0.2) is 61.2 Å². The predicted molar refractivity (Wildman–Crippen MR) is 129 cm³/mol. The highest BCUT2D eigenvalue weighted by Gasteiger charge is 2.05. The maximum absolute atomic E-state index is 9.90. The molecule has 0 saturated carbocycles. The Morgan fingerprint density at radius 1 is 1.03 bits per heavy atom. The van der Waals surface area contributed by atoms with Gasteiger partial charge in [0.15, 0.2) is 0 Å². The van der Waals surface area contributed by atoms with E-state index in [4.69, 9.17) is 10.5 Å². The zero-order valence-corrected chi connectivity index (χ0v) is 18.6. The van der Waals surface area contributed by atoms with Gasteiger partial charge in [-0.1, -0.05) is 61.8 Å². The van der Waals surface area contributed by atoms with Gasteiger partial charge in [0.2, 0.25) is 0 Å². The molecule has 4 heteroatoms. The molecule has 1 atom stereocenters. The molecule has 0 aliphatic carbocycles. The molecule has 168 valence electrons. The summed E-state index contributed by atoms with van der Waals surface area (Å²) in [4.78, 5) is 0. The normalized spacial score (nSPS) is 12.6. The highest BCUT2D eigenvalue weighted by Crippen LogP contribution is 2.16. The van der Waals surface area contributed by atoms with E-state index < -0.39 is 6.10 Å². The van der Waals surface area contributed by atoms with Gasteiger partial charge in [-0.15, -0.1) is 6.58 Å². The number of hydrogen-bond donors (Lipinski definition) is 3. The Morgan fingerprint density at radius 2 is 1.80 bits per heavy atom. The lowest BCUT2D eigenvalue weighted by atomic mass is 10.0. The summed E-state index contributed by atoms with van der Waals surface area (Å²) in [6.07, 6.45) is 20.9. The fourth-order valence-corrected chi connectivity index (χ4v) is 3.12. The summed E-state index contributed by atoms with van der Waals surface area (Å²) in [5, 5.41) is 13.0. The van der Waals surface area contributed by atoms with Crippen molar-refractivity contribution in [3.8, 4) is 5.75 Å². The smallest absolute Gasteiger partial charge is 0.119 e. The second-order valence-corrected chi connectivity index (χ2v) is 7.61. The van der Waals surface area contributed by atoms with Crippen molar-refractivity contribution in [2.24, 2.45) is 5.73 Å². The van der Waals surface area contributed by atoms with Crippen LogP contribution in [-0.2, 0) is 6.42 Å². The van der Waals surface area contributed by atoms with Crippen LogP contribution in [0.1, 0.15) is 56.9 Å². The largest absolute Gasteiger partial charge is 0.491 e. The Bertz CT molecular complexity index is 598. The molecule has 1 aromatic carbocycles. The van der Waals surface area contributed by atoms with Crippen LogP contribution in [0.25, 0.3) is 0 Å². The minimum Gasteiger partial charge on any atom is -0.491 e. The average Bonchev–Trinajstić information content (AvgIpc) is 2.76. The molecular formula is C26H42N2O2. The number of nitrogens with two attached hydrogens (primary N) is 1. The van der Waals surface area contributed by atoms with E-state index in [9.17, 15) is 5.11 Å². The fourth-order valence-electron chi connectivity index (χ4n) is 3.12. The van der Waals surface area contributed by atoms with Crippen molar-refractivity contribution in [1.82, 2.24) is 5.32 Å². The summed E-state index contributed by atoms with van der Waals surface area (Å²) >= 11 is 0. The lowest BCUT2D eigenvalue weighted by molar-refractivity contribution is 0.107. The predicted octanol–water partition coefficient (Wildman–Crippen LogP) is 4.94.